The summed E-state index contributed by atoms with van der Waals surface area (Å²) >= 11 is 0. The first-order chi connectivity index (χ1) is 16.4. The van der Waals surface area contributed by atoms with Crippen LogP contribution in [-0.4, -0.2) is 43.0 Å². The Kier molecular flexibility index (Phi) is 6.63. The highest BCUT2D eigenvalue weighted by molar-refractivity contribution is 5.98. The molecule has 1 fully saturated rings. The maximum Gasteiger partial charge on any atom is 0.304 e. The maximum absolute atomic E-state index is 13.1. The number of methoxy groups -OCH3 is 2. The zero-order valence-electron chi connectivity index (χ0n) is 19.7. The van der Waals surface area contributed by atoms with Crippen LogP contribution in [-0.2, 0) is 4.79 Å². The zero-order chi connectivity index (χ0) is 24.2. The number of hydrazone groups is 1. The fraction of sp³-hybridized carbons (Fsp3) is 0.222. The molecule has 2 amide bonds. The van der Waals surface area contributed by atoms with Crippen molar-refractivity contribution in [2.45, 2.75) is 25.9 Å². The first-order valence-electron chi connectivity index (χ1n) is 11.0. The Morgan fingerprint density at radius 1 is 0.941 bits per heavy atom. The summed E-state index contributed by atoms with van der Waals surface area (Å²) in [6.45, 7) is 3.93. The van der Waals surface area contributed by atoms with Crippen molar-refractivity contribution >= 4 is 18.0 Å². The number of rotatable bonds is 6. The van der Waals surface area contributed by atoms with Crippen molar-refractivity contribution in [2.24, 2.45) is 0 Å². The maximum atomic E-state index is 13.1. The summed E-state index contributed by atoms with van der Waals surface area (Å²) < 4.78 is 12.5. The number of carbonyl (C=O) groups excluding carboxylic acids is 2. The number of hydrogen-bond donors (Lipinski definition) is 2. The number of ether oxygens (including phenoxy) is 2. The molecule has 174 valence electrons. The quantitative estimate of drug-likeness (QED) is 0.556. The van der Waals surface area contributed by atoms with Gasteiger partial charge >= 0.3 is 5.91 Å². The number of hydrazine groups is 1. The SMILES string of the molecule is COc1ccc(/C=[N+]2\NC(=O)[C@@H](NC(=O)c3cccc(C)c3)[C@H]2c2ccc(C)cc2)cc1OC. The van der Waals surface area contributed by atoms with Gasteiger partial charge in [0.1, 0.15) is 0 Å². The van der Waals surface area contributed by atoms with E-state index in [1.54, 1.807) is 37.1 Å². The second-order valence-corrected chi connectivity index (χ2v) is 8.30. The van der Waals surface area contributed by atoms with Crippen molar-refractivity contribution < 1.29 is 23.7 Å². The largest absolute Gasteiger partial charge is 0.493 e. The molecule has 0 bridgehead atoms. The highest BCUT2D eigenvalue weighted by atomic mass is 16.5. The molecule has 1 aliphatic rings. The van der Waals surface area contributed by atoms with E-state index in [2.05, 4.69) is 10.7 Å². The van der Waals surface area contributed by atoms with E-state index in [-0.39, 0.29) is 11.8 Å². The van der Waals surface area contributed by atoms with Crippen LogP contribution in [0.1, 0.15) is 38.7 Å². The molecule has 0 spiro atoms. The van der Waals surface area contributed by atoms with Crippen LogP contribution in [0.15, 0.2) is 66.7 Å². The third kappa shape index (κ3) is 4.78. The number of aryl methyl sites for hydroxylation is 2. The van der Waals surface area contributed by atoms with Gasteiger partial charge in [-0.05, 0) is 44.2 Å². The average Bonchev–Trinajstić information content (AvgIpc) is 3.13. The van der Waals surface area contributed by atoms with Gasteiger partial charge in [-0.2, -0.15) is 0 Å². The summed E-state index contributed by atoms with van der Waals surface area (Å²) in [6.07, 6.45) is 1.82. The van der Waals surface area contributed by atoms with Crippen molar-refractivity contribution in [2.75, 3.05) is 14.2 Å². The molecule has 3 aromatic carbocycles. The van der Waals surface area contributed by atoms with Crippen molar-refractivity contribution in [1.82, 2.24) is 10.7 Å². The predicted molar refractivity (Wildman–Crippen MR) is 129 cm³/mol. The van der Waals surface area contributed by atoms with Crippen LogP contribution in [0.5, 0.6) is 11.5 Å². The topological polar surface area (TPSA) is 79.7 Å². The Morgan fingerprint density at radius 3 is 2.35 bits per heavy atom. The predicted octanol–water partition coefficient (Wildman–Crippen LogP) is 3.34. The van der Waals surface area contributed by atoms with Gasteiger partial charge in [0.2, 0.25) is 12.3 Å². The summed E-state index contributed by atoms with van der Waals surface area (Å²) in [4.78, 5) is 26.0. The zero-order valence-corrected chi connectivity index (χ0v) is 19.7. The van der Waals surface area contributed by atoms with E-state index in [1.165, 1.54) is 0 Å². The van der Waals surface area contributed by atoms with Gasteiger partial charge in [0.05, 0.1) is 14.2 Å². The number of hydrogen-bond acceptors (Lipinski definition) is 4. The lowest BCUT2D eigenvalue weighted by atomic mass is 9.98. The molecule has 2 N–H and O–H groups in total. The molecule has 1 aliphatic heterocycles. The lowest BCUT2D eigenvalue weighted by molar-refractivity contribution is -0.596. The number of nitrogens with zero attached hydrogens (tertiary/aromatic N) is 1. The van der Waals surface area contributed by atoms with Crippen molar-refractivity contribution in [3.8, 4) is 11.5 Å². The molecule has 0 saturated carbocycles. The van der Waals surface area contributed by atoms with E-state index in [9.17, 15) is 9.59 Å². The number of amides is 2. The fourth-order valence-corrected chi connectivity index (χ4v) is 4.05. The van der Waals surface area contributed by atoms with E-state index < -0.39 is 12.1 Å². The minimum absolute atomic E-state index is 0.289. The Bertz CT molecular complexity index is 1250. The summed E-state index contributed by atoms with van der Waals surface area (Å²) in [7, 11) is 3.15. The van der Waals surface area contributed by atoms with Crippen LogP contribution in [0.4, 0.5) is 0 Å². The van der Waals surface area contributed by atoms with Gasteiger partial charge in [-0.1, -0.05) is 47.5 Å². The molecule has 1 heterocycles. The Morgan fingerprint density at radius 2 is 1.68 bits per heavy atom. The van der Waals surface area contributed by atoms with Crippen LogP contribution in [0.25, 0.3) is 0 Å². The monoisotopic (exact) mass is 458 g/mol. The van der Waals surface area contributed by atoms with Gasteiger partial charge in [0.15, 0.2) is 17.5 Å². The summed E-state index contributed by atoms with van der Waals surface area (Å²) in [5.74, 6) is 0.610. The van der Waals surface area contributed by atoms with E-state index in [0.29, 0.717) is 17.1 Å². The molecule has 3 aromatic rings. The van der Waals surface area contributed by atoms with Crippen molar-refractivity contribution in [3.63, 3.8) is 0 Å². The molecular formula is C27H28N3O4+. The van der Waals surface area contributed by atoms with Crippen molar-refractivity contribution in [3.05, 3.63) is 94.5 Å². The van der Waals surface area contributed by atoms with Crippen LogP contribution < -0.4 is 20.2 Å². The molecule has 7 heteroatoms. The third-order valence-electron chi connectivity index (χ3n) is 5.82. The lowest BCUT2D eigenvalue weighted by Gasteiger charge is -2.15. The highest BCUT2D eigenvalue weighted by Gasteiger charge is 2.47. The van der Waals surface area contributed by atoms with Crippen LogP contribution >= 0.6 is 0 Å². The smallest absolute Gasteiger partial charge is 0.304 e. The number of carbonyl (C=O) groups is 2. The van der Waals surface area contributed by atoms with Crippen LogP contribution in [0, 0.1) is 13.8 Å². The number of nitrogens with one attached hydrogen (secondary N) is 2. The molecule has 7 nitrogen and oxygen atoms in total. The normalized spacial score (nSPS) is 18.5. The first-order valence-corrected chi connectivity index (χ1v) is 11.0. The average molecular weight is 459 g/mol. The standard InChI is InChI=1S/C27H27N3O4/c1-17-8-11-20(12-9-17)25-24(28-26(31)21-7-5-6-18(2)14-21)27(32)29-30(25)16-19-10-13-22(33-3)23(15-19)34-4/h5-16,24-25H,1-4H3,(H-,28,29,31,32)/p+1/b30-16-/t24-,25+/m0/s1. The second kappa shape index (κ2) is 9.79. The first kappa shape index (κ1) is 23.0. The highest BCUT2D eigenvalue weighted by Crippen LogP contribution is 2.29. The van der Waals surface area contributed by atoms with Gasteiger partial charge in [0.25, 0.3) is 5.91 Å². The van der Waals surface area contributed by atoms with E-state index in [1.807, 2.05) is 68.6 Å². The van der Waals surface area contributed by atoms with Crippen molar-refractivity contribution in [1.29, 1.82) is 0 Å². The summed E-state index contributed by atoms with van der Waals surface area (Å²) in [5, 5.41) is 2.93. The molecule has 0 unspecified atom stereocenters. The van der Waals surface area contributed by atoms with Gasteiger partial charge in [-0.15, -0.1) is 10.1 Å². The Labute approximate surface area is 199 Å². The minimum Gasteiger partial charge on any atom is -0.493 e. The van der Waals surface area contributed by atoms with E-state index in [0.717, 1.165) is 22.3 Å². The Hall–Kier alpha value is -4.13. The van der Waals surface area contributed by atoms with Gasteiger partial charge in [-0.3, -0.25) is 9.59 Å². The second-order valence-electron chi connectivity index (χ2n) is 8.30. The van der Waals surface area contributed by atoms with E-state index in [4.69, 9.17) is 9.47 Å². The Balaban J connectivity index is 1.72. The molecular weight excluding hydrogens is 430 g/mol. The summed E-state index contributed by atoms with van der Waals surface area (Å²) in [5.41, 5.74) is 7.20. The molecule has 2 atom stereocenters. The van der Waals surface area contributed by atoms with Crippen LogP contribution in [0.2, 0.25) is 0 Å². The van der Waals surface area contributed by atoms with Gasteiger partial charge < -0.3 is 14.8 Å². The number of benzene rings is 3. The van der Waals surface area contributed by atoms with Crippen LogP contribution in [0.3, 0.4) is 0 Å². The molecule has 34 heavy (non-hydrogen) atoms. The molecule has 0 aromatic heterocycles. The molecule has 0 radical (unpaired) electrons. The fourth-order valence-electron chi connectivity index (χ4n) is 4.05. The molecule has 1 saturated heterocycles. The molecule has 0 aliphatic carbocycles. The van der Waals surface area contributed by atoms with Gasteiger partial charge in [0, 0.05) is 16.7 Å². The van der Waals surface area contributed by atoms with Gasteiger partial charge in [-0.25, -0.2) is 0 Å². The minimum atomic E-state index is -0.785. The third-order valence-corrected chi connectivity index (χ3v) is 5.82. The summed E-state index contributed by atoms with van der Waals surface area (Å²) in [6, 6.07) is 19.5. The lowest BCUT2D eigenvalue weighted by Crippen LogP contribution is -2.42. The van der Waals surface area contributed by atoms with E-state index >= 15 is 0 Å². The molecule has 4 rings (SSSR count).